The molecule has 1 heterocycles. The number of halogens is 3. The first-order valence-corrected chi connectivity index (χ1v) is 6.69. The summed E-state index contributed by atoms with van der Waals surface area (Å²) in [6, 6.07) is 4.61. The number of benzene rings is 1. The quantitative estimate of drug-likeness (QED) is 0.905. The van der Waals surface area contributed by atoms with E-state index in [1.165, 1.54) is 18.4 Å². The Morgan fingerprint density at radius 1 is 1.30 bits per heavy atom. The number of hydrogen-bond donors (Lipinski definition) is 2. The van der Waals surface area contributed by atoms with E-state index in [4.69, 9.17) is 10.2 Å². The fourth-order valence-corrected chi connectivity index (χ4v) is 2.00. The summed E-state index contributed by atoms with van der Waals surface area (Å²) in [4.78, 5) is 13.8. The number of hydrogen-bond acceptors (Lipinski definition) is 4. The van der Waals surface area contributed by atoms with Crippen LogP contribution in [0.1, 0.15) is 21.7 Å². The maximum atomic E-state index is 12.9. The van der Waals surface area contributed by atoms with Crippen LogP contribution >= 0.6 is 0 Å². The van der Waals surface area contributed by atoms with Crippen LogP contribution in [0.4, 0.5) is 24.5 Å². The van der Waals surface area contributed by atoms with Crippen molar-refractivity contribution in [1.82, 2.24) is 0 Å². The monoisotopic (exact) mass is 327 g/mol. The van der Waals surface area contributed by atoms with Crippen molar-refractivity contribution in [3.8, 4) is 0 Å². The van der Waals surface area contributed by atoms with E-state index in [1.54, 1.807) is 19.0 Å². The molecule has 0 fully saturated rings. The zero-order chi connectivity index (χ0) is 17.2. The summed E-state index contributed by atoms with van der Waals surface area (Å²) in [5.74, 6) is -0.164. The predicted molar refractivity (Wildman–Crippen MR) is 80.3 cm³/mol. The molecule has 0 atom stereocenters. The highest BCUT2D eigenvalue weighted by atomic mass is 19.4. The maximum absolute atomic E-state index is 12.9. The standard InChI is InChI=1S/C15H16F3N3O2/c1-21(2)13-4-3-10(15(16,17)18)6-12(13)20-14(22)9-5-11(7-19)23-8-9/h3-6,8H,7,19H2,1-2H3,(H,20,22). The van der Waals surface area contributed by atoms with Gasteiger partial charge in [0.05, 0.1) is 29.0 Å². The second-order valence-electron chi connectivity index (χ2n) is 5.08. The fourth-order valence-electron chi connectivity index (χ4n) is 2.00. The minimum atomic E-state index is -4.49. The molecule has 2 rings (SSSR count). The number of nitrogens with zero attached hydrogens (tertiary/aromatic N) is 1. The molecule has 5 nitrogen and oxygen atoms in total. The van der Waals surface area contributed by atoms with Crippen molar-refractivity contribution in [3.63, 3.8) is 0 Å². The summed E-state index contributed by atoms with van der Waals surface area (Å²) in [6.45, 7) is 0.125. The zero-order valence-electron chi connectivity index (χ0n) is 12.6. The van der Waals surface area contributed by atoms with Gasteiger partial charge in [0.15, 0.2) is 0 Å². The number of amides is 1. The second kappa shape index (κ2) is 6.33. The molecule has 0 saturated heterocycles. The fraction of sp³-hybridized carbons (Fsp3) is 0.267. The van der Waals surface area contributed by atoms with Gasteiger partial charge < -0.3 is 20.4 Å². The largest absolute Gasteiger partial charge is 0.467 e. The van der Waals surface area contributed by atoms with Crippen molar-refractivity contribution < 1.29 is 22.4 Å². The van der Waals surface area contributed by atoms with E-state index < -0.39 is 17.6 Å². The third kappa shape index (κ3) is 3.84. The molecule has 0 radical (unpaired) electrons. The maximum Gasteiger partial charge on any atom is 0.416 e. The van der Waals surface area contributed by atoms with Crippen LogP contribution in [-0.4, -0.2) is 20.0 Å². The number of furan rings is 1. The predicted octanol–water partition coefficient (Wildman–Crippen LogP) is 3.08. The molecule has 8 heteroatoms. The topological polar surface area (TPSA) is 71.5 Å². The molecule has 0 aliphatic heterocycles. The summed E-state index contributed by atoms with van der Waals surface area (Å²) in [7, 11) is 3.34. The lowest BCUT2D eigenvalue weighted by Crippen LogP contribution is -2.17. The SMILES string of the molecule is CN(C)c1ccc(C(F)(F)F)cc1NC(=O)c1coc(CN)c1. The van der Waals surface area contributed by atoms with Gasteiger partial charge in [0.1, 0.15) is 12.0 Å². The van der Waals surface area contributed by atoms with Gasteiger partial charge >= 0.3 is 6.18 Å². The van der Waals surface area contributed by atoms with Crippen LogP contribution in [0.2, 0.25) is 0 Å². The average molecular weight is 327 g/mol. The van der Waals surface area contributed by atoms with Gasteiger partial charge in [-0.15, -0.1) is 0 Å². The van der Waals surface area contributed by atoms with Gasteiger partial charge in [-0.25, -0.2) is 0 Å². The van der Waals surface area contributed by atoms with E-state index in [-0.39, 0.29) is 17.8 Å². The molecule has 1 aromatic carbocycles. The Bertz CT molecular complexity index is 708. The van der Waals surface area contributed by atoms with E-state index in [0.29, 0.717) is 11.4 Å². The molecule has 0 aliphatic carbocycles. The van der Waals surface area contributed by atoms with E-state index in [1.807, 2.05) is 0 Å². The first kappa shape index (κ1) is 16.9. The molecule has 2 aromatic rings. The van der Waals surface area contributed by atoms with Gasteiger partial charge in [0, 0.05) is 14.1 Å². The van der Waals surface area contributed by atoms with E-state index >= 15 is 0 Å². The van der Waals surface area contributed by atoms with E-state index in [2.05, 4.69) is 5.32 Å². The van der Waals surface area contributed by atoms with E-state index in [9.17, 15) is 18.0 Å². The molecule has 0 saturated carbocycles. The van der Waals surface area contributed by atoms with Crippen molar-refractivity contribution >= 4 is 17.3 Å². The smallest absolute Gasteiger partial charge is 0.416 e. The highest BCUT2D eigenvalue weighted by Gasteiger charge is 2.31. The molecule has 3 N–H and O–H groups in total. The molecule has 23 heavy (non-hydrogen) atoms. The third-order valence-electron chi connectivity index (χ3n) is 3.17. The Hall–Kier alpha value is -2.48. The van der Waals surface area contributed by atoms with Crippen LogP contribution in [0.5, 0.6) is 0 Å². The Balaban J connectivity index is 2.34. The van der Waals surface area contributed by atoms with Crippen molar-refractivity contribution in [3.05, 3.63) is 47.4 Å². The first-order chi connectivity index (χ1) is 10.7. The Morgan fingerprint density at radius 3 is 2.52 bits per heavy atom. The molecular formula is C15H16F3N3O2. The van der Waals surface area contributed by atoms with Gasteiger partial charge in [-0.2, -0.15) is 13.2 Å². The van der Waals surface area contributed by atoms with Crippen LogP contribution in [-0.2, 0) is 12.7 Å². The van der Waals surface area contributed by atoms with Crippen LogP contribution < -0.4 is 16.0 Å². The average Bonchev–Trinajstić information content (AvgIpc) is 2.95. The van der Waals surface area contributed by atoms with Crippen LogP contribution in [0, 0.1) is 0 Å². The van der Waals surface area contributed by atoms with Crippen LogP contribution in [0.3, 0.4) is 0 Å². The van der Waals surface area contributed by atoms with Gasteiger partial charge in [0.25, 0.3) is 5.91 Å². The summed E-state index contributed by atoms with van der Waals surface area (Å²) in [5.41, 5.74) is 5.25. The Labute approximate surface area is 130 Å². The third-order valence-corrected chi connectivity index (χ3v) is 3.17. The van der Waals surface area contributed by atoms with Crippen molar-refractivity contribution in [2.24, 2.45) is 5.73 Å². The molecule has 1 amide bonds. The molecule has 0 spiro atoms. The summed E-state index contributed by atoms with van der Waals surface area (Å²) in [5, 5.41) is 2.48. The van der Waals surface area contributed by atoms with E-state index in [0.717, 1.165) is 12.1 Å². The Morgan fingerprint density at radius 2 is 2.00 bits per heavy atom. The molecule has 0 unspecified atom stereocenters. The van der Waals surface area contributed by atoms with Gasteiger partial charge in [-0.1, -0.05) is 0 Å². The molecule has 0 aliphatic rings. The van der Waals surface area contributed by atoms with Gasteiger partial charge in [-0.3, -0.25) is 4.79 Å². The lowest BCUT2D eigenvalue weighted by molar-refractivity contribution is -0.137. The highest BCUT2D eigenvalue weighted by Crippen LogP contribution is 2.35. The normalized spacial score (nSPS) is 11.4. The lowest BCUT2D eigenvalue weighted by Gasteiger charge is -2.19. The van der Waals surface area contributed by atoms with Crippen molar-refractivity contribution in [1.29, 1.82) is 0 Å². The summed E-state index contributed by atoms with van der Waals surface area (Å²) >= 11 is 0. The van der Waals surface area contributed by atoms with Gasteiger partial charge in [-0.05, 0) is 24.3 Å². The van der Waals surface area contributed by atoms with Crippen LogP contribution in [0.15, 0.2) is 34.9 Å². The second-order valence-corrected chi connectivity index (χ2v) is 5.08. The number of alkyl halides is 3. The molecule has 0 bridgehead atoms. The summed E-state index contributed by atoms with van der Waals surface area (Å²) < 4.78 is 43.6. The molecule has 124 valence electrons. The number of nitrogens with two attached hydrogens (primary N) is 1. The number of carbonyl (C=O) groups is 1. The van der Waals surface area contributed by atoms with Crippen molar-refractivity contribution in [2.45, 2.75) is 12.7 Å². The lowest BCUT2D eigenvalue weighted by atomic mass is 10.1. The first-order valence-electron chi connectivity index (χ1n) is 6.69. The number of carbonyl (C=O) groups excluding carboxylic acids is 1. The van der Waals surface area contributed by atoms with Crippen LogP contribution in [0.25, 0.3) is 0 Å². The number of nitrogens with one attached hydrogen (secondary N) is 1. The minimum Gasteiger partial charge on any atom is -0.467 e. The number of rotatable bonds is 4. The Kier molecular flexibility index (Phi) is 4.65. The number of anilines is 2. The highest BCUT2D eigenvalue weighted by molar-refractivity contribution is 6.05. The summed E-state index contributed by atoms with van der Waals surface area (Å²) in [6.07, 6.45) is -3.28. The van der Waals surface area contributed by atoms with Gasteiger partial charge in [0.2, 0.25) is 0 Å². The molecule has 1 aromatic heterocycles. The molecular weight excluding hydrogens is 311 g/mol. The minimum absolute atomic E-state index is 0.0605. The zero-order valence-corrected chi connectivity index (χ0v) is 12.6. The van der Waals surface area contributed by atoms with Crippen molar-refractivity contribution in [2.75, 3.05) is 24.3 Å².